The van der Waals surface area contributed by atoms with Crippen LogP contribution in [-0.2, 0) is 0 Å². The molecule has 3 heteroatoms. The fourth-order valence-electron chi connectivity index (χ4n) is 7.53. The normalized spacial score (nSPS) is 11.5. The van der Waals surface area contributed by atoms with Crippen LogP contribution in [0.1, 0.15) is 0 Å². The van der Waals surface area contributed by atoms with Gasteiger partial charge in [-0.1, -0.05) is 133 Å². The minimum absolute atomic E-state index is 0.623. The second-order valence-electron chi connectivity index (χ2n) is 13.2. The summed E-state index contributed by atoms with van der Waals surface area (Å²) in [6.45, 7) is 0. The molecule has 244 valence electrons. The zero-order valence-electron chi connectivity index (χ0n) is 28.3. The Balaban J connectivity index is 1.14. The van der Waals surface area contributed by atoms with Crippen LogP contribution in [0.2, 0.25) is 0 Å². The fourth-order valence-corrected chi connectivity index (χ4v) is 7.53. The van der Waals surface area contributed by atoms with Crippen LogP contribution < -0.4 is 4.90 Å². The monoisotopic (exact) mass is 664 g/mol. The van der Waals surface area contributed by atoms with Gasteiger partial charge in [0, 0.05) is 28.0 Å². The number of fused-ring (bicyclic) bond motifs is 6. The molecule has 0 atom stereocenters. The highest BCUT2D eigenvalue weighted by molar-refractivity contribution is 6.14. The van der Waals surface area contributed by atoms with Crippen molar-refractivity contribution in [2.45, 2.75) is 0 Å². The number of hydrogen-bond acceptors (Lipinski definition) is 3. The van der Waals surface area contributed by atoms with Crippen molar-refractivity contribution in [2.75, 3.05) is 4.90 Å². The summed E-state index contributed by atoms with van der Waals surface area (Å²) in [6.07, 6.45) is 0. The molecule has 0 bridgehead atoms. The maximum Gasteiger partial charge on any atom is 0.227 e. The molecule has 10 rings (SSSR count). The van der Waals surface area contributed by atoms with Crippen molar-refractivity contribution in [2.24, 2.45) is 0 Å². The number of benzene rings is 9. The number of hydrogen-bond donors (Lipinski definition) is 0. The Morgan fingerprint density at radius 1 is 0.365 bits per heavy atom. The molecule has 1 aromatic heterocycles. The molecule has 0 aliphatic carbocycles. The maximum absolute atomic E-state index is 6.28. The number of nitrogens with zero attached hydrogens (tertiary/aromatic N) is 2. The second-order valence-corrected chi connectivity index (χ2v) is 13.2. The van der Waals surface area contributed by atoms with E-state index in [9.17, 15) is 0 Å². The first kappa shape index (κ1) is 29.9. The molecule has 0 aliphatic heterocycles. The number of aromatic nitrogens is 1. The molecule has 3 nitrogen and oxygen atoms in total. The van der Waals surface area contributed by atoms with Crippen LogP contribution in [-0.4, -0.2) is 4.98 Å². The van der Waals surface area contributed by atoms with Crippen molar-refractivity contribution < 1.29 is 4.42 Å². The van der Waals surface area contributed by atoms with Gasteiger partial charge in [0.1, 0.15) is 5.52 Å². The Bertz CT molecular complexity index is 2890. The van der Waals surface area contributed by atoms with Gasteiger partial charge in [0.15, 0.2) is 5.58 Å². The van der Waals surface area contributed by atoms with E-state index in [4.69, 9.17) is 9.40 Å². The van der Waals surface area contributed by atoms with Crippen molar-refractivity contribution in [3.63, 3.8) is 0 Å². The first-order valence-electron chi connectivity index (χ1n) is 17.6. The summed E-state index contributed by atoms with van der Waals surface area (Å²) in [7, 11) is 0. The summed E-state index contributed by atoms with van der Waals surface area (Å²) in [5.41, 5.74) is 10.5. The highest BCUT2D eigenvalue weighted by Crippen LogP contribution is 2.41. The first-order valence-corrected chi connectivity index (χ1v) is 17.6. The van der Waals surface area contributed by atoms with E-state index in [0.717, 1.165) is 50.1 Å². The van der Waals surface area contributed by atoms with Gasteiger partial charge in [-0.15, -0.1) is 0 Å². The predicted molar refractivity (Wildman–Crippen MR) is 218 cm³/mol. The van der Waals surface area contributed by atoms with Crippen molar-refractivity contribution in [3.8, 4) is 33.7 Å². The van der Waals surface area contributed by atoms with Crippen molar-refractivity contribution in [3.05, 3.63) is 194 Å². The molecule has 10 aromatic rings. The lowest BCUT2D eigenvalue weighted by atomic mass is 9.93. The lowest BCUT2D eigenvalue weighted by Gasteiger charge is -2.26. The first-order chi connectivity index (χ1) is 25.8. The van der Waals surface area contributed by atoms with Crippen LogP contribution in [0.4, 0.5) is 17.1 Å². The number of oxazole rings is 1. The minimum Gasteiger partial charge on any atom is -0.436 e. The van der Waals surface area contributed by atoms with E-state index < -0.39 is 0 Å². The lowest BCUT2D eigenvalue weighted by Crippen LogP contribution is -2.10. The predicted octanol–water partition coefficient (Wildman–Crippen LogP) is 13.8. The fraction of sp³-hybridized carbons (Fsp3) is 0. The SMILES string of the molecule is c1ccc(-c2cccc(N(c3ccc(-c4cc5ccccc5c5ccccc45)cc3)c3ccc4ccc5oc(-c6ccccc6)nc5c4c3)c2)cc1. The van der Waals surface area contributed by atoms with E-state index in [-0.39, 0.29) is 0 Å². The van der Waals surface area contributed by atoms with Crippen molar-refractivity contribution in [1.82, 2.24) is 4.98 Å². The zero-order valence-corrected chi connectivity index (χ0v) is 28.3. The van der Waals surface area contributed by atoms with Gasteiger partial charge >= 0.3 is 0 Å². The summed E-state index contributed by atoms with van der Waals surface area (Å²) in [5, 5.41) is 7.19. The summed E-state index contributed by atoms with van der Waals surface area (Å²) < 4.78 is 6.28. The smallest absolute Gasteiger partial charge is 0.227 e. The van der Waals surface area contributed by atoms with Crippen molar-refractivity contribution in [1.29, 1.82) is 0 Å². The molecule has 0 aliphatic rings. The van der Waals surface area contributed by atoms with Crippen LogP contribution in [0.3, 0.4) is 0 Å². The van der Waals surface area contributed by atoms with Gasteiger partial charge in [0.25, 0.3) is 0 Å². The van der Waals surface area contributed by atoms with E-state index in [0.29, 0.717) is 5.89 Å². The third-order valence-electron chi connectivity index (χ3n) is 10.1. The molecule has 0 saturated carbocycles. The quantitative estimate of drug-likeness (QED) is 0.166. The number of anilines is 3. The van der Waals surface area contributed by atoms with Gasteiger partial charge in [0.05, 0.1) is 0 Å². The molecule has 1 heterocycles. The molecule has 0 fully saturated rings. The zero-order chi connectivity index (χ0) is 34.4. The van der Waals surface area contributed by atoms with Gasteiger partial charge in [-0.05, 0) is 110 Å². The summed E-state index contributed by atoms with van der Waals surface area (Å²) in [4.78, 5) is 7.36. The highest BCUT2D eigenvalue weighted by atomic mass is 16.3. The summed E-state index contributed by atoms with van der Waals surface area (Å²) >= 11 is 0. The summed E-state index contributed by atoms with van der Waals surface area (Å²) in [6, 6.07) is 68.9. The van der Waals surface area contributed by atoms with E-state index in [2.05, 4.69) is 163 Å². The van der Waals surface area contributed by atoms with Gasteiger partial charge in [0.2, 0.25) is 5.89 Å². The molecule has 9 aromatic carbocycles. The van der Waals surface area contributed by atoms with Crippen LogP contribution in [0.25, 0.3) is 77.1 Å². The lowest BCUT2D eigenvalue weighted by molar-refractivity contribution is 0.620. The molecule has 0 saturated heterocycles. The average molecular weight is 665 g/mol. The van der Waals surface area contributed by atoms with Gasteiger partial charge in [-0.2, -0.15) is 0 Å². The van der Waals surface area contributed by atoms with Gasteiger partial charge in [-0.25, -0.2) is 4.98 Å². The van der Waals surface area contributed by atoms with E-state index >= 15 is 0 Å². The third kappa shape index (κ3) is 5.19. The largest absolute Gasteiger partial charge is 0.436 e. The molecular formula is C49H32N2O. The van der Waals surface area contributed by atoms with Crippen molar-refractivity contribution >= 4 is 60.5 Å². The minimum atomic E-state index is 0.623. The number of rotatable bonds is 6. The Labute approximate surface area is 301 Å². The van der Waals surface area contributed by atoms with Crippen LogP contribution in [0, 0.1) is 0 Å². The molecule has 0 N–H and O–H groups in total. The molecule has 0 spiro atoms. The molecule has 52 heavy (non-hydrogen) atoms. The highest BCUT2D eigenvalue weighted by Gasteiger charge is 2.18. The Kier molecular flexibility index (Phi) is 7.14. The molecule has 0 amide bonds. The Morgan fingerprint density at radius 3 is 1.81 bits per heavy atom. The van der Waals surface area contributed by atoms with Crippen LogP contribution >= 0.6 is 0 Å². The molecular weight excluding hydrogens is 633 g/mol. The molecule has 0 radical (unpaired) electrons. The van der Waals surface area contributed by atoms with Gasteiger partial charge in [-0.3, -0.25) is 0 Å². The average Bonchev–Trinajstić information content (AvgIpc) is 3.67. The van der Waals surface area contributed by atoms with E-state index in [1.54, 1.807) is 0 Å². The topological polar surface area (TPSA) is 29.3 Å². The summed E-state index contributed by atoms with van der Waals surface area (Å²) in [5.74, 6) is 0.623. The van der Waals surface area contributed by atoms with Crippen LogP contribution in [0.15, 0.2) is 199 Å². The van der Waals surface area contributed by atoms with Crippen LogP contribution in [0.5, 0.6) is 0 Å². The van der Waals surface area contributed by atoms with E-state index in [1.807, 2.05) is 36.4 Å². The van der Waals surface area contributed by atoms with Gasteiger partial charge < -0.3 is 9.32 Å². The Morgan fingerprint density at radius 2 is 1.00 bits per heavy atom. The standard InChI is InChI=1S/C49H32N2O/c1-3-12-33(13-4-1)37-17-11-18-40(30-37)51(41-28-24-35-25-29-47-48(46(35)32-41)50-49(52-47)36-14-5-2-6-15-36)39-26-22-34(23-27-39)45-31-38-16-7-8-19-42(38)43-20-9-10-21-44(43)45/h1-32H. The maximum atomic E-state index is 6.28. The van der Waals surface area contributed by atoms with E-state index in [1.165, 1.54) is 38.2 Å². The third-order valence-corrected chi connectivity index (χ3v) is 10.1. The second kappa shape index (κ2) is 12.4. The Hall–Kier alpha value is -6.97. The molecule has 0 unspecified atom stereocenters.